The molecule has 6 nitrogen and oxygen atoms in total. The number of benzene rings is 3. The molecule has 38 heavy (non-hydrogen) atoms. The van der Waals surface area contributed by atoms with Crippen LogP contribution < -0.4 is 9.47 Å². The average molecular weight is 515 g/mol. The lowest BCUT2D eigenvalue weighted by Gasteiger charge is -2.44. The molecule has 3 aromatic carbocycles. The largest absolute Gasteiger partial charge is 0.496 e. The van der Waals surface area contributed by atoms with Gasteiger partial charge in [-0.05, 0) is 73.6 Å². The van der Waals surface area contributed by atoms with Gasteiger partial charge in [-0.2, -0.15) is 0 Å². The third-order valence-corrected chi connectivity index (χ3v) is 8.42. The molecule has 2 aliphatic heterocycles. The zero-order valence-electron chi connectivity index (χ0n) is 22.7. The average Bonchev–Trinajstić information content (AvgIpc) is 2.94. The fourth-order valence-electron chi connectivity index (χ4n) is 6.25. The maximum absolute atomic E-state index is 13.7. The SMILES string of the molecule is COc1ccc(C(=O)N2CCC3(CCCCc4ccccc4O[C@H](C)C(=O)N(C)C3)CC2)c2ccccc12. The maximum Gasteiger partial charge on any atom is 0.263 e. The van der Waals surface area contributed by atoms with Gasteiger partial charge in [-0.1, -0.05) is 48.9 Å². The molecule has 2 aliphatic rings. The summed E-state index contributed by atoms with van der Waals surface area (Å²) in [5.74, 6) is 1.66. The molecular formula is C32H38N2O4. The van der Waals surface area contributed by atoms with Crippen molar-refractivity contribution in [2.24, 2.45) is 5.41 Å². The maximum atomic E-state index is 13.7. The molecule has 6 heteroatoms. The van der Waals surface area contributed by atoms with Crippen molar-refractivity contribution in [2.75, 3.05) is 33.8 Å². The number of ether oxygens (including phenoxy) is 2. The van der Waals surface area contributed by atoms with Crippen LogP contribution >= 0.6 is 0 Å². The van der Waals surface area contributed by atoms with E-state index in [-0.39, 0.29) is 17.2 Å². The third kappa shape index (κ3) is 5.22. The molecule has 1 spiro atoms. The minimum absolute atomic E-state index is 0.00159. The lowest BCUT2D eigenvalue weighted by atomic mass is 9.73. The van der Waals surface area contributed by atoms with E-state index in [9.17, 15) is 9.59 Å². The number of nitrogens with zero attached hydrogens (tertiary/aromatic N) is 2. The quantitative estimate of drug-likeness (QED) is 0.439. The number of hydrogen-bond donors (Lipinski definition) is 0. The Labute approximate surface area is 225 Å². The van der Waals surface area contributed by atoms with E-state index in [4.69, 9.17) is 9.47 Å². The van der Waals surface area contributed by atoms with Crippen molar-refractivity contribution in [3.8, 4) is 11.5 Å². The van der Waals surface area contributed by atoms with Crippen LogP contribution in [-0.4, -0.2) is 61.5 Å². The number of methoxy groups -OCH3 is 1. The molecule has 0 radical (unpaired) electrons. The summed E-state index contributed by atoms with van der Waals surface area (Å²) in [5.41, 5.74) is 1.88. The van der Waals surface area contributed by atoms with Crippen LogP contribution in [0.2, 0.25) is 0 Å². The number of hydrogen-bond acceptors (Lipinski definition) is 4. The monoisotopic (exact) mass is 514 g/mol. The molecule has 0 aromatic heterocycles. The van der Waals surface area contributed by atoms with Gasteiger partial charge in [-0.3, -0.25) is 9.59 Å². The molecule has 2 heterocycles. The van der Waals surface area contributed by atoms with Crippen LogP contribution in [0, 0.1) is 5.41 Å². The summed E-state index contributed by atoms with van der Waals surface area (Å²) >= 11 is 0. The van der Waals surface area contributed by atoms with E-state index < -0.39 is 6.10 Å². The van der Waals surface area contributed by atoms with Crippen LogP contribution in [0.1, 0.15) is 54.9 Å². The fourth-order valence-corrected chi connectivity index (χ4v) is 6.25. The van der Waals surface area contributed by atoms with Gasteiger partial charge in [0.2, 0.25) is 0 Å². The number of likely N-dealkylation sites (tertiary alicyclic amines) is 1. The number of aryl methyl sites for hydroxylation is 1. The van der Waals surface area contributed by atoms with Gasteiger partial charge in [0.05, 0.1) is 7.11 Å². The molecule has 0 N–H and O–H groups in total. The number of carbonyl (C=O) groups excluding carboxylic acids is 2. The predicted molar refractivity (Wildman–Crippen MR) is 150 cm³/mol. The second-order valence-electron chi connectivity index (χ2n) is 10.9. The minimum Gasteiger partial charge on any atom is -0.496 e. The highest BCUT2D eigenvalue weighted by atomic mass is 16.5. The Morgan fingerprint density at radius 1 is 0.947 bits per heavy atom. The van der Waals surface area contributed by atoms with E-state index in [0.717, 1.165) is 66.4 Å². The molecule has 3 aromatic rings. The van der Waals surface area contributed by atoms with Crippen molar-refractivity contribution in [1.82, 2.24) is 9.80 Å². The normalized spacial score (nSPS) is 20.3. The third-order valence-electron chi connectivity index (χ3n) is 8.42. The van der Waals surface area contributed by atoms with Crippen LogP contribution in [0.15, 0.2) is 60.7 Å². The van der Waals surface area contributed by atoms with E-state index in [2.05, 4.69) is 6.07 Å². The highest BCUT2D eigenvalue weighted by Crippen LogP contribution is 2.39. The smallest absolute Gasteiger partial charge is 0.263 e. The van der Waals surface area contributed by atoms with E-state index in [1.807, 2.05) is 78.4 Å². The standard InChI is InChI=1S/C32H38N2O4/c1-23-30(35)33(2)22-32(17-9-8-11-24-10-4-7-14-28(24)38-23)18-20-34(21-19-32)31(36)27-15-16-29(37-3)26-13-6-5-12-25(26)27/h4-7,10,12-16,23H,8-9,11,17-22H2,1-3H3/t23-/m1/s1. The number of fused-ring (bicyclic) bond motifs is 2. The van der Waals surface area contributed by atoms with Gasteiger partial charge in [0.1, 0.15) is 11.5 Å². The van der Waals surface area contributed by atoms with Gasteiger partial charge in [0, 0.05) is 37.6 Å². The first-order valence-corrected chi connectivity index (χ1v) is 13.8. The number of piperidine rings is 1. The number of carbonyl (C=O) groups is 2. The molecule has 1 atom stereocenters. The van der Waals surface area contributed by atoms with Crippen molar-refractivity contribution >= 4 is 22.6 Å². The first-order valence-electron chi connectivity index (χ1n) is 13.8. The van der Waals surface area contributed by atoms with Gasteiger partial charge in [0.25, 0.3) is 11.8 Å². The number of likely N-dealkylation sites (N-methyl/N-ethyl adjacent to an activating group) is 1. The Morgan fingerprint density at radius 3 is 2.42 bits per heavy atom. The molecule has 5 rings (SSSR count). The lowest BCUT2D eigenvalue weighted by molar-refractivity contribution is -0.138. The van der Waals surface area contributed by atoms with Crippen molar-refractivity contribution in [3.63, 3.8) is 0 Å². The Kier molecular flexibility index (Phi) is 7.59. The van der Waals surface area contributed by atoms with Crippen LogP contribution in [0.3, 0.4) is 0 Å². The van der Waals surface area contributed by atoms with Crippen LogP contribution in [-0.2, 0) is 11.2 Å². The van der Waals surface area contributed by atoms with Gasteiger partial charge < -0.3 is 19.3 Å². The van der Waals surface area contributed by atoms with E-state index >= 15 is 0 Å². The van der Waals surface area contributed by atoms with Crippen molar-refractivity contribution in [3.05, 3.63) is 71.8 Å². The Hall–Kier alpha value is -3.54. The first-order chi connectivity index (χ1) is 18.4. The zero-order valence-corrected chi connectivity index (χ0v) is 22.7. The second kappa shape index (κ2) is 11.1. The fraction of sp³-hybridized carbons (Fsp3) is 0.438. The van der Waals surface area contributed by atoms with Gasteiger partial charge in [-0.15, -0.1) is 0 Å². The number of amides is 2. The van der Waals surface area contributed by atoms with Gasteiger partial charge >= 0.3 is 0 Å². The predicted octanol–water partition coefficient (Wildman–Crippen LogP) is 5.72. The van der Waals surface area contributed by atoms with Gasteiger partial charge in [0.15, 0.2) is 6.10 Å². The van der Waals surface area contributed by atoms with Crippen LogP contribution in [0.5, 0.6) is 11.5 Å². The molecule has 200 valence electrons. The summed E-state index contributed by atoms with van der Waals surface area (Å²) < 4.78 is 11.6. The summed E-state index contributed by atoms with van der Waals surface area (Å²) in [6.07, 6.45) is 5.39. The van der Waals surface area contributed by atoms with E-state index in [0.29, 0.717) is 25.2 Å². The second-order valence-corrected chi connectivity index (χ2v) is 10.9. The number of para-hydroxylation sites is 1. The molecule has 1 fully saturated rings. The molecule has 0 aliphatic carbocycles. The first kappa shape index (κ1) is 26.1. The minimum atomic E-state index is -0.539. The molecule has 2 amide bonds. The van der Waals surface area contributed by atoms with E-state index in [1.165, 1.54) is 0 Å². The molecule has 0 unspecified atom stereocenters. The summed E-state index contributed by atoms with van der Waals surface area (Å²) in [6.45, 7) is 3.91. The molecular weight excluding hydrogens is 476 g/mol. The topological polar surface area (TPSA) is 59.1 Å². The highest BCUT2D eigenvalue weighted by molar-refractivity contribution is 6.08. The Morgan fingerprint density at radius 2 is 1.66 bits per heavy atom. The molecule has 1 saturated heterocycles. The molecule has 0 bridgehead atoms. The lowest BCUT2D eigenvalue weighted by Crippen LogP contribution is -2.50. The summed E-state index contributed by atoms with van der Waals surface area (Å²) in [4.78, 5) is 30.8. The Balaban J connectivity index is 1.33. The van der Waals surface area contributed by atoms with Crippen LogP contribution in [0.4, 0.5) is 0 Å². The highest BCUT2D eigenvalue weighted by Gasteiger charge is 2.38. The summed E-state index contributed by atoms with van der Waals surface area (Å²) in [6, 6.07) is 19.8. The van der Waals surface area contributed by atoms with Crippen LogP contribution in [0.25, 0.3) is 10.8 Å². The van der Waals surface area contributed by atoms with Crippen molar-refractivity contribution in [2.45, 2.75) is 51.6 Å². The summed E-state index contributed by atoms with van der Waals surface area (Å²) in [7, 11) is 3.55. The molecule has 0 saturated carbocycles. The number of rotatable bonds is 2. The Bertz CT molecular complexity index is 1310. The van der Waals surface area contributed by atoms with Crippen molar-refractivity contribution < 1.29 is 19.1 Å². The summed E-state index contributed by atoms with van der Waals surface area (Å²) in [5, 5.41) is 1.87. The van der Waals surface area contributed by atoms with Gasteiger partial charge in [-0.25, -0.2) is 0 Å². The van der Waals surface area contributed by atoms with Crippen molar-refractivity contribution in [1.29, 1.82) is 0 Å². The van der Waals surface area contributed by atoms with E-state index in [1.54, 1.807) is 7.11 Å². The zero-order chi connectivity index (χ0) is 26.7.